The molecule has 2 amide bonds. The van der Waals surface area contributed by atoms with Crippen LogP contribution in [0, 0.1) is 0 Å². The number of hydrogen-bond donors (Lipinski definition) is 2. The second-order valence-corrected chi connectivity index (χ2v) is 15.4. The largest absolute Gasteiger partial charge is 0.465 e. The van der Waals surface area contributed by atoms with Crippen LogP contribution in [-0.4, -0.2) is 63.5 Å². The second-order valence-electron chi connectivity index (χ2n) is 10.7. The number of rotatable bonds is 6. The van der Waals surface area contributed by atoms with E-state index in [2.05, 4.69) is 54.1 Å². The number of carboxylic acid groups (broad SMARTS) is 1. The van der Waals surface area contributed by atoms with Crippen molar-refractivity contribution in [2.24, 2.45) is 0 Å². The van der Waals surface area contributed by atoms with Crippen molar-refractivity contribution in [2.45, 2.75) is 83.2 Å². The van der Waals surface area contributed by atoms with Crippen LogP contribution >= 0.6 is 0 Å². The predicted octanol–water partition coefficient (Wildman–Crippen LogP) is 4.70. The first-order chi connectivity index (χ1) is 17.0. The van der Waals surface area contributed by atoms with Gasteiger partial charge in [0.2, 0.25) is 11.7 Å². The summed E-state index contributed by atoms with van der Waals surface area (Å²) in [5, 5.41) is 12.5. The maximum Gasteiger partial charge on any atom is 0.451 e. The summed E-state index contributed by atoms with van der Waals surface area (Å²) in [4.78, 5) is 37.1. The molecule has 13 heteroatoms. The van der Waals surface area contributed by atoms with Gasteiger partial charge >= 0.3 is 12.3 Å². The van der Waals surface area contributed by atoms with Crippen LogP contribution < -0.4 is 5.32 Å². The van der Waals surface area contributed by atoms with Crippen LogP contribution in [0.15, 0.2) is 30.7 Å². The Morgan fingerprint density at radius 2 is 1.81 bits per heavy atom. The lowest BCUT2D eigenvalue weighted by atomic mass is 10.1. The zero-order valence-electron chi connectivity index (χ0n) is 21.6. The summed E-state index contributed by atoms with van der Waals surface area (Å²) in [6.45, 7) is 12.3. The minimum absolute atomic E-state index is 0.0712. The number of aromatic nitrogens is 3. The molecule has 37 heavy (non-hydrogen) atoms. The summed E-state index contributed by atoms with van der Waals surface area (Å²) in [5.74, 6) is -1.70. The van der Waals surface area contributed by atoms with Crippen molar-refractivity contribution < 1.29 is 32.3 Å². The zero-order valence-corrected chi connectivity index (χ0v) is 22.6. The molecule has 0 unspecified atom stereocenters. The number of nitrogens with zero attached hydrogens (tertiary/aromatic N) is 4. The van der Waals surface area contributed by atoms with E-state index in [0.717, 1.165) is 17.3 Å². The van der Waals surface area contributed by atoms with Crippen LogP contribution in [-0.2, 0) is 21.9 Å². The molecule has 0 aromatic carbocycles. The number of hydrogen-bond acceptors (Lipinski definition) is 6. The van der Waals surface area contributed by atoms with Crippen LogP contribution in [0.4, 0.5) is 18.0 Å². The van der Waals surface area contributed by atoms with E-state index >= 15 is 0 Å². The number of amides is 2. The molecule has 0 saturated carbocycles. The summed E-state index contributed by atoms with van der Waals surface area (Å²) in [6.07, 6.45) is -2.47. The fraction of sp³-hybridized carbons (Fsp3) is 0.542. The Kier molecular flexibility index (Phi) is 7.98. The summed E-state index contributed by atoms with van der Waals surface area (Å²) in [7, 11) is -2.20. The molecular formula is C24H32F3N5O4Si. The number of carbonyl (C=O) groups is 2. The highest BCUT2D eigenvalue weighted by Crippen LogP contribution is 2.40. The molecule has 1 saturated heterocycles. The van der Waals surface area contributed by atoms with Crippen molar-refractivity contribution in [1.29, 1.82) is 0 Å². The SMILES string of the molecule is C[C@H]1[C@@H](O[Si](C)(C)C(C)(C)C)C[C@@H](C(=O)NCc2ccnc(-c3cnc(C(F)(F)F)nc3)c2)N1C(=O)O. The van der Waals surface area contributed by atoms with E-state index in [-0.39, 0.29) is 23.6 Å². The number of alkyl halides is 3. The molecule has 0 spiro atoms. The lowest BCUT2D eigenvalue weighted by Crippen LogP contribution is -2.49. The summed E-state index contributed by atoms with van der Waals surface area (Å²) < 4.78 is 44.6. The maximum atomic E-state index is 13.1. The zero-order chi connectivity index (χ0) is 27.8. The van der Waals surface area contributed by atoms with Crippen LogP contribution in [0.2, 0.25) is 18.1 Å². The highest BCUT2D eigenvalue weighted by molar-refractivity contribution is 6.74. The second kappa shape index (κ2) is 10.4. The number of halogens is 3. The third-order valence-electron chi connectivity index (χ3n) is 7.04. The highest BCUT2D eigenvalue weighted by Gasteiger charge is 2.49. The minimum Gasteiger partial charge on any atom is -0.465 e. The molecular weight excluding hydrogens is 507 g/mol. The molecule has 0 bridgehead atoms. The van der Waals surface area contributed by atoms with Crippen LogP contribution in [0.25, 0.3) is 11.3 Å². The molecule has 1 fully saturated rings. The molecule has 2 N–H and O–H groups in total. The van der Waals surface area contributed by atoms with Gasteiger partial charge in [0.25, 0.3) is 0 Å². The van der Waals surface area contributed by atoms with Gasteiger partial charge in [0.1, 0.15) is 6.04 Å². The van der Waals surface area contributed by atoms with Crippen molar-refractivity contribution >= 4 is 20.3 Å². The highest BCUT2D eigenvalue weighted by atomic mass is 28.4. The van der Waals surface area contributed by atoms with Gasteiger partial charge in [-0.05, 0) is 42.8 Å². The van der Waals surface area contributed by atoms with Crippen molar-refractivity contribution in [3.63, 3.8) is 0 Å². The molecule has 3 atom stereocenters. The van der Waals surface area contributed by atoms with Gasteiger partial charge in [-0.25, -0.2) is 14.8 Å². The Hall–Kier alpha value is -3.06. The smallest absolute Gasteiger partial charge is 0.451 e. The van der Waals surface area contributed by atoms with E-state index < -0.39 is 50.5 Å². The molecule has 0 aliphatic carbocycles. The lowest BCUT2D eigenvalue weighted by molar-refractivity contribution is -0.145. The number of carbonyl (C=O) groups excluding carboxylic acids is 1. The number of pyridine rings is 1. The molecule has 3 rings (SSSR count). The number of likely N-dealkylation sites (tertiary alicyclic amines) is 1. The Morgan fingerprint density at radius 1 is 1.19 bits per heavy atom. The Morgan fingerprint density at radius 3 is 2.35 bits per heavy atom. The molecule has 2 aromatic heterocycles. The third kappa shape index (κ3) is 6.45. The van der Waals surface area contributed by atoms with Gasteiger partial charge in [0.05, 0.1) is 17.8 Å². The van der Waals surface area contributed by atoms with Crippen molar-refractivity contribution in [2.75, 3.05) is 0 Å². The van der Waals surface area contributed by atoms with Gasteiger partial charge in [-0.3, -0.25) is 14.7 Å². The molecule has 1 aliphatic heterocycles. The first kappa shape index (κ1) is 28.5. The van der Waals surface area contributed by atoms with E-state index in [4.69, 9.17) is 4.43 Å². The van der Waals surface area contributed by atoms with E-state index in [1.807, 2.05) is 0 Å². The van der Waals surface area contributed by atoms with Crippen LogP contribution in [0.1, 0.15) is 45.5 Å². The van der Waals surface area contributed by atoms with Gasteiger partial charge in [-0.1, -0.05) is 20.8 Å². The normalized spacial score (nSPS) is 20.7. The third-order valence-corrected chi connectivity index (χ3v) is 11.5. The van der Waals surface area contributed by atoms with Gasteiger partial charge < -0.3 is 14.8 Å². The average molecular weight is 540 g/mol. The predicted molar refractivity (Wildman–Crippen MR) is 132 cm³/mol. The summed E-state index contributed by atoms with van der Waals surface area (Å²) in [6, 6.07) is 1.84. The van der Waals surface area contributed by atoms with E-state index in [0.29, 0.717) is 11.3 Å². The standard InChI is InChI=1S/C24H32F3N5O4Si/c1-14-19(36-37(5,6)23(2,3)4)10-18(32(14)22(34)35)20(33)29-11-15-7-8-28-17(9-15)16-12-30-21(31-13-16)24(25,26)27/h7-9,12-14,18-19H,10-11H2,1-6H3,(H,29,33)(H,34,35)/t14-,18-,19-/m0/s1. The Labute approximate surface area is 214 Å². The van der Waals surface area contributed by atoms with Crippen molar-refractivity contribution in [3.05, 3.63) is 42.1 Å². The monoisotopic (exact) mass is 539 g/mol. The lowest BCUT2D eigenvalue weighted by Gasteiger charge is -2.39. The minimum atomic E-state index is -4.64. The molecule has 0 radical (unpaired) electrons. The Bertz CT molecular complexity index is 1140. The topological polar surface area (TPSA) is 118 Å². The van der Waals surface area contributed by atoms with E-state index in [9.17, 15) is 27.9 Å². The molecule has 1 aliphatic rings. The maximum absolute atomic E-state index is 13.1. The van der Waals surface area contributed by atoms with E-state index in [1.165, 1.54) is 6.20 Å². The summed E-state index contributed by atoms with van der Waals surface area (Å²) >= 11 is 0. The van der Waals surface area contributed by atoms with Crippen LogP contribution in [0.5, 0.6) is 0 Å². The van der Waals surface area contributed by atoms with Crippen molar-refractivity contribution in [3.8, 4) is 11.3 Å². The van der Waals surface area contributed by atoms with E-state index in [1.54, 1.807) is 19.1 Å². The number of nitrogens with one attached hydrogen (secondary N) is 1. The fourth-order valence-corrected chi connectivity index (χ4v) is 5.30. The summed E-state index contributed by atoms with van der Waals surface area (Å²) in [5.41, 5.74) is 1.25. The fourth-order valence-electron chi connectivity index (χ4n) is 3.89. The van der Waals surface area contributed by atoms with Gasteiger partial charge in [-0.15, -0.1) is 0 Å². The Balaban J connectivity index is 1.70. The average Bonchev–Trinajstić information content (AvgIpc) is 3.12. The van der Waals surface area contributed by atoms with Crippen molar-refractivity contribution in [1.82, 2.24) is 25.2 Å². The van der Waals surface area contributed by atoms with Crippen LogP contribution in [0.3, 0.4) is 0 Å². The quantitative estimate of drug-likeness (QED) is 0.511. The van der Waals surface area contributed by atoms with Gasteiger partial charge in [0, 0.05) is 37.1 Å². The first-order valence-corrected chi connectivity index (χ1v) is 14.7. The molecule has 202 valence electrons. The molecule has 2 aromatic rings. The molecule has 9 nitrogen and oxygen atoms in total. The molecule has 3 heterocycles. The van der Waals surface area contributed by atoms with Gasteiger partial charge in [0.15, 0.2) is 8.32 Å². The first-order valence-electron chi connectivity index (χ1n) is 11.8. The van der Waals surface area contributed by atoms with Gasteiger partial charge in [-0.2, -0.15) is 13.2 Å².